The molecule has 0 aromatic heterocycles. The summed E-state index contributed by atoms with van der Waals surface area (Å²) >= 11 is 0. The molecule has 0 radical (unpaired) electrons. The van der Waals surface area contributed by atoms with E-state index in [0.717, 1.165) is 11.4 Å². The van der Waals surface area contributed by atoms with Crippen LogP contribution < -0.4 is 0 Å². The monoisotopic (exact) mass is 237 g/mol. The molecule has 0 saturated heterocycles. The van der Waals surface area contributed by atoms with E-state index >= 15 is 0 Å². The molecule has 0 saturated carbocycles. The van der Waals surface area contributed by atoms with Gasteiger partial charge in [0.05, 0.1) is 5.69 Å². The minimum atomic E-state index is -1.77. The van der Waals surface area contributed by atoms with Crippen molar-refractivity contribution in [3.63, 3.8) is 0 Å². The second kappa shape index (κ2) is 5.42. The van der Waals surface area contributed by atoms with Crippen LogP contribution in [0.3, 0.4) is 0 Å². The van der Waals surface area contributed by atoms with E-state index in [4.69, 9.17) is 9.51 Å². The van der Waals surface area contributed by atoms with Crippen molar-refractivity contribution >= 4 is 18.8 Å². The van der Waals surface area contributed by atoms with Crippen LogP contribution in [-0.4, -0.2) is 31.1 Å². The Kier molecular flexibility index (Phi) is 4.45. The highest BCUT2D eigenvalue weighted by atomic mass is 31.2. The van der Waals surface area contributed by atoms with Crippen LogP contribution in [0.5, 0.6) is 0 Å². The molecule has 0 bridgehead atoms. The number of nitrogens with zero attached hydrogens (tertiary/aromatic N) is 3. The summed E-state index contributed by atoms with van der Waals surface area (Å²) in [7, 11) is 2.30. The molecule has 3 nitrogen and oxygen atoms in total. The van der Waals surface area contributed by atoms with E-state index in [2.05, 4.69) is 11.3 Å². The third-order valence-electron chi connectivity index (χ3n) is 2.21. The molecule has 0 fully saturated rings. The predicted octanol–water partition coefficient (Wildman–Crippen LogP) is 4.02. The lowest BCUT2D eigenvalue weighted by molar-refractivity contribution is 0.671. The number of hydrogen-bond donors (Lipinski definition) is 0. The first kappa shape index (κ1) is 13.1. The number of hydrogen-bond acceptors (Lipinski definition) is 1. The van der Waals surface area contributed by atoms with Crippen LogP contribution in [0.1, 0.15) is 13.8 Å². The van der Waals surface area contributed by atoms with Crippen LogP contribution >= 0.6 is 7.36 Å². The molecule has 1 unspecified atom stereocenters. The van der Waals surface area contributed by atoms with Crippen molar-refractivity contribution < 1.29 is 0 Å². The first-order valence-corrected chi connectivity index (χ1v) is 7.39. The summed E-state index contributed by atoms with van der Waals surface area (Å²) in [6.45, 7) is 6.15. The first-order chi connectivity index (χ1) is 7.44. The first-order valence-electron chi connectivity index (χ1n) is 5.30. The molecule has 1 atom stereocenters. The number of rotatable bonds is 3. The molecule has 16 heavy (non-hydrogen) atoms. The minimum Gasteiger partial charge on any atom is -0.259 e. The van der Waals surface area contributed by atoms with Crippen LogP contribution in [0.4, 0.5) is 5.69 Å². The van der Waals surface area contributed by atoms with Crippen molar-refractivity contribution in [3.8, 4) is 0 Å². The summed E-state index contributed by atoms with van der Waals surface area (Å²) < 4.78 is 11.6. The molecule has 1 rings (SSSR count). The van der Waals surface area contributed by atoms with Gasteiger partial charge < -0.3 is 0 Å². The molecule has 88 valence electrons. The van der Waals surface area contributed by atoms with Gasteiger partial charge in [0.1, 0.15) is 7.36 Å². The molecule has 0 aliphatic rings. The Morgan fingerprint density at radius 2 is 1.69 bits per heavy atom. The smallest absolute Gasteiger partial charge is 0.141 e. The summed E-state index contributed by atoms with van der Waals surface area (Å²) in [5, 5.41) is 0. The molecule has 0 amide bonds. The maximum Gasteiger partial charge on any atom is 0.141 e. The lowest BCUT2D eigenvalue weighted by Gasteiger charge is -2.23. The van der Waals surface area contributed by atoms with E-state index in [9.17, 15) is 0 Å². The predicted molar refractivity (Wildman–Crippen MR) is 73.8 cm³/mol. The van der Waals surface area contributed by atoms with E-state index in [-0.39, 0.29) is 0 Å². The quantitative estimate of drug-likeness (QED) is 0.576. The topological polar surface area (TPSA) is 28.0 Å². The summed E-state index contributed by atoms with van der Waals surface area (Å²) in [5.41, 5.74) is 2.07. The van der Waals surface area contributed by atoms with Crippen molar-refractivity contribution in [1.82, 2.24) is 4.67 Å². The largest absolute Gasteiger partial charge is 0.259 e. The van der Waals surface area contributed by atoms with Crippen LogP contribution in [0.2, 0.25) is 0 Å². The highest BCUT2D eigenvalue weighted by molar-refractivity contribution is 7.62. The highest BCUT2D eigenvalue weighted by Crippen LogP contribution is 2.51. The molecular formula is C12H20N3P. The van der Waals surface area contributed by atoms with Crippen LogP contribution in [-0.2, 0) is 0 Å². The Bertz CT molecular complexity index is 417. The molecule has 0 aliphatic carbocycles. The van der Waals surface area contributed by atoms with Crippen LogP contribution in [0.25, 0.3) is 0 Å². The molecule has 1 aromatic rings. The zero-order valence-electron chi connectivity index (χ0n) is 10.7. The van der Waals surface area contributed by atoms with Gasteiger partial charge in [0.15, 0.2) is 0 Å². The van der Waals surface area contributed by atoms with Crippen LogP contribution in [0.15, 0.2) is 39.8 Å². The normalized spacial score (nSPS) is 14.4. The summed E-state index contributed by atoms with van der Waals surface area (Å²) in [6.07, 6.45) is 0. The van der Waals surface area contributed by atoms with E-state index in [1.54, 1.807) is 0 Å². The van der Waals surface area contributed by atoms with E-state index in [1.165, 1.54) is 0 Å². The second-order valence-electron chi connectivity index (χ2n) is 4.20. The zero-order valence-corrected chi connectivity index (χ0v) is 11.6. The van der Waals surface area contributed by atoms with Gasteiger partial charge in [-0.05, 0) is 40.1 Å². The molecule has 0 N–H and O–H groups in total. The van der Waals surface area contributed by atoms with Gasteiger partial charge >= 0.3 is 0 Å². The van der Waals surface area contributed by atoms with Gasteiger partial charge in [-0.3, -0.25) is 4.67 Å². The van der Waals surface area contributed by atoms with Crippen molar-refractivity contribution in [2.24, 2.45) is 9.51 Å². The van der Waals surface area contributed by atoms with Gasteiger partial charge in [-0.15, -0.1) is 0 Å². The third-order valence-corrected chi connectivity index (χ3v) is 5.11. The Morgan fingerprint density at radius 3 is 2.12 bits per heavy atom. The van der Waals surface area contributed by atoms with E-state index in [0.29, 0.717) is 0 Å². The van der Waals surface area contributed by atoms with E-state index < -0.39 is 7.36 Å². The van der Waals surface area contributed by atoms with Gasteiger partial charge in [-0.1, -0.05) is 18.2 Å². The maximum absolute atomic E-state index is 4.78. The van der Waals surface area contributed by atoms with E-state index in [1.807, 2.05) is 58.3 Å². The lowest BCUT2D eigenvalue weighted by Crippen LogP contribution is -2.06. The highest BCUT2D eigenvalue weighted by Gasteiger charge is 2.14. The average Bonchev–Trinajstić information content (AvgIpc) is 2.17. The summed E-state index contributed by atoms with van der Waals surface area (Å²) in [5.74, 6) is 0. The molecular weight excluding hydrogens is 217 g/mol. The Hall–Kier alpha value is -0.920. The fourth-order valence-electron chi connectivity index (χ4n) is 1.29. The SMILES string of the molecule is CC(C)=NP(C)(=Nc1ccccc1)N(C)C. The van der Waals surface area contributed by atoms with Crippen molar-refractivity contribution in [3.05, 3.63) is 30.3 Å². The van der Waals surface area contributed by atoms with Gasteiger partial charge in [0.2, 0.25) is 0 Å². The molecule has 4 heteroatoms. The molecule has 0 heterocycles. The fourth-order valence-corrected chi connectivity index (χ4v) is 3.02. The second-order valence-corrected chi connectivity index (χ2v) is 7.13. The number of benzene rings is 1. The molecule has 0 spiro atoms. The van der Waals surface area contributed by atoms with Crippen LogP contribution in [0, 0.1) is 0 Å². The zero-order chi connectivity index (χ0) is 12.2. The fraction of sp³-hybridized carbons (Fsp3) is 0.417. The molecule has 0 aliphatic heterocycles. The van der Waals surface area contributed by atoms with Gasteiger partial charge in [-0.25, -0.2) is 9.51 Å². The van der Waals surface area contributed by atoms with Crippen molar-refractivity contribution in [2.45, 2.75) is 13.8 Å². The van der Waals surface area contributed by atoms with Gasteiger partial charge in [0, 0.05) is 12.4 Å². The lowest BCUT2D eigenvalue weighted by atomic mass is 10.3. The van der Waals surface area contributed by atoms with Crippen molar-refractivity contribution in [1.29, 1.82) is 0 Å². The average molecular weight is 237 g/mol. The Labute approximate surface area is 98.4 Å². The maximum atomic E-state index is 4.78. The van der Waals surface area contributed by atoms with Crippen molar-refractivity contribution in [2.75, 3.05) is 20.8 Å². The summed E-state index contributed by atoms with van der Waals surface area (Å²) in [6, 6.07) is 10.0. The van der Waals surface area contributed by atoms with Gasteiger partial charge in [-0.2, -0.15) is 0 Å². The Balaban J connectivity index is 3.23. The summed E-state index contributed by atoms with van der Waals surface area (Å²) in [4.78, 5) is 0. The van der Waals surface area contributed by atoms with Gasteiger partial charge in [0.25, 0.3) is 0 Å². The minimum absolute atomic E-state index is 0.997. The standard InChI is InChI=1S/C12H20N3P/c1-11(2)13-16(5,15(3)4)14-12-9-7-6-8-10-12/h6-10H,1-5H3. The third kappa shape index (κ3) is 3.58. The Morgan fingerprint density at radius 1 is 1.12 bits per heavy atom. The molecule has 1 aromatic carbocycles.